The first-order chi connectivity index (χ1) is 7.65. The Bertz CT molecular complexity index is 477. The maximum atomic E-state index is 9.32. The lowest BCUT2D eigenvalue weighted by atomic mass is 10.4. The van der Waals surface area contributed by atoms with E-state index in [1.165, 1.54) is 17.8 Å². The lowest BCUT2D eigenvalue weighted by molar-refractivity contribution is 0.444. The summed E-state index contributed by atoms with van der Waals surface area (Å²) in [5.41, 5.74) is 1.86. The minimum absolute atomic E-state index is 0.0139. The second-order valence-electron chi connectivity index (χ2n) is 3.38. The van der Waals surface area contributed by atoms with E-state index >= 15 is 0 Å². The molecule has 5 nitrogen and oxygen atoms in total. The van der Waals surface area contributed by atoms with Crippen molar-refractivity contribution in [3.05, 3.63) is 29.7 Å². The molecule has 0 saturated heterocycles. The predicted molar refractivity (Wildman–Crippen MR) is 61.2 cm³/mol. The summed E-state index contributed by atoms with van der Waals surface area (Å²) < 4.78 is 1.81. The van der Waals surface area contributed by atoms with Crippen LogP contribution in [0, 0.1) is 6.92 Å². The molecule has 0 unspecified atom stereocenters. The molecule has 0 amide bonds. The van der Waals surface area contributed by atoms with E-state index in [0.717, 1.165) is 17.1 Å². The van der Waals surface area contributed by atoms with Crippen molar-refractivity contribution in [2.75, 3.05) is 0 Å². The summed E-state index contributed by atoms with van der Waals surface area (Å²) in [7, 11) is 1.89. The smallest absolute Gasteiger partial charge is 0.215 e. The molecule has 0 fully saturated rings. The van der Waals surface area contributed by atoms with Crippen LogP contribution in [0.1, 0.15) is 11.4 Å². The molecule has 84 valence electrons. The van der Waals surface area contributed by atoms with Gasteiger partial charge in [-0.15, -0.1) is 0 Å². The third kappa shape index (κ3) is 2.52. The van der Waals surface area contributed by atoms with Crippen molar-refractivity contribution < 1.29 is 5.11 Å². The van der Waals surface area contributed by atoms with Gasteiger partial charge in [-0.3, -0.25) is 4.68 Å². The summed E-state index contributed by atoms with van der Waals surface area (Å²) >= 11 is 1.48. The quantitative estimate of drug-likeness (QED) is 0.646. The normalized spacial score (nSPS) is 10.6. The van der Waals surface area contributed by atoms with Crippen molar-refractivity contribution in [3.8, 4) is 5.88 Å². The summed E-state index contributed by atoms with van der Waals surface area (Å²) in [5.74, 6) is 0.749. The average molecular weight is 236 g/mol. The Kier molecular flexibility index (Phi) is 3.09. The van der Waals surface area contributed by atoms with Crippen LogP contribution in [0.5, 0.6) is 5.88 Å². The Hall–Kier alpha value is -1.56. The van der Waals surface area contributed by atoms with Crippen molar-refractivity contribution in [2.45, 2.75) is 17.8 Å². The fourth-order valence-corrected chi connectivity index (χ4v) is 2.20. The Morgan fingerprint density at radius 3 is 2.88 bits per heavy atom. The molecule has 0 aliphatic heterocycles. The van der Waals surface area contributed by atoms with Crippen molar-refractivity contribution in [1.82, 2.24) is 19.7 Å². The molecular formula is C10H12N4OS. The maximum Gasteiger partial charge on any atom is 0.215 e. The Labute approximate surface area is 97.5 Å². The molecule has 6 heteroatoms. The molecule has 0 aliphatic rings. The lowest BCUT2D eigenvalue weighted by Crippen LogP contribution is -1.97. The van der Waals surface area contributed by atoms with E-state index in [2.05, 4.69) is 15.1 Å². The Morgan fingerprint density at radius 2 is 2.25 bits per heavy atom. The molecular weight excluding hydrogens is 224 g/mol. The molecule has 0 spiro atoms. The van der Waals surface area contributed by atoms with Gasteiger partial charge in [0.25, 0.3) is 0 Å². The number of hydrogen-bond acceptors (Lipinski definition) is 5. The number of thioether (sulfide) groups is 1. The third-order valence-electron chi connectivity index (χ3n) is 2.09. The zero-order valence-electron chi connectivity index (χ0n) is 9.08. The minimum atomic E-state index is 0.0139. The highest BCUT2D eigenvalue weighted by atomic mass is 32.2. The third-order valence-corrected chi connectivity index (χ3v) is 2.97. The van der Waals surface area contributed by atoms with Crippen LogP contribution in [0.4, 0.5) is 0 Å². The van der Waals surface area contributed by atoms with Gasteiger partial charge in [0.2, 0.25) is 5.88 Å². The largest absolute Gasteiger partial charge is 0.493 e. The zero-order chi connectivity index (χ0) is 11.5. The number of aromatic hydroxyl groups is 1. The van der Waals surface area contributed by atoms with Crippen molar-refractivity contribution in [1.29, 1.82) is 0 Å². The topological polar surface area (TPSA) is 63.8 Å². The zero-order valence-corrected chi connectivity index (χ0v) is 9.90. The monoisotopic (exact) mass is 236 g/mol. The molecule has 2 aromatic rings. The van der Waals surface area contributed by atoms with Gasteiger partial charge in [-0.05, 0) is 13.0 Å². The van der Waals surface area contributed by atoms with E-state index in [-0.39, 0.29) is 5.88 Å². The Morgan fingerprint density at radius 1 is 1.44 bits per heavy atom. The highest BCUT2D eigenvalue weighted by Gasteiger charge is 2.04. The molecule has 2 aromatic heterocycles. The summed E-state index contributed by atoms with van der Waals surface area (Å²) in [6.45, 7) is 1.83. The van der Waals surface area contributed by atoms with Crippen molar-refractivity contribution in [3.63, 3.8) is 0 Å². The molecule has 0 saturated carbocycles. The minimum Gasteiger partial charge on any atom is -0.493 e. The molecule has 1 N–H and O–H groups in total. The number of nitrogens with zero attached hydrogens (tertiary/aromatic N) is 4. The van der Waals surface area contributed by atoms with Crippen LogP contribution < -0.4 is 0 Å². The van der Waals surface area contributed by atoms with Gasteiger partial charge in [0, 0.05) is 36.5 Å². The molecule has 2 heterocycles. The summed E-state index contributed by atoms with van der Waals surface area (Å²) in [6.07, 6.45) is 1.75. The standard InChI is InChI=1S/C10H12N4OS/c1-7-5-9(15)13-10(12-7)16-6-8-3-4-11-14(8)2/h3-5H,6H2,1-2H3,(H,12,13,15). The van der Waals surface area contributed by atoms with Gasteiger partial charge in [-0.25, -0.2) is 4.98 Å². The van der Waals surface area contributed by atoms with Crippen LogP contribution in [0.25, 0.3) is 0 Å². The molecule has 16 heavy (non-hydrogen) atoms. The second-order valence-corrected chi connectivity index (χ2v) is 4.33. The van der Waals surface area contributed by atoms with Gasteiger partial charge in [-0.1, -0.05) is 11.8 Å². The van der Waals surface area contributed by atoms with Crippen LogP contribution in [0.15, 0.2) is 23.5 Å². The van der Waals surface area contributed by atoms with E-state index in [4.69, 9.17) is 0 Å². The summed E-state index contributed by atoms with van der Waals surface area (Å²) in [4.78, 5) is 8.17. The first kappa shape index (κ1) is 10.9. The fourth-order valence-electron chi connectivity index (χ4n) is 1.27. The van der Waals surface area contributed by atoms with Crippen LogP contribution in [0.2, 0.25) is 0 Å². The molecule has 2 rings (SSSR count). The van der Waals surface area contributed by atoms with E-state index in [1.807, 2.05) is 24.7 Å². The van der Waals surface area contributed by atoms with Gasteiger partial charge >= 0.3 is 0 Å². The van der Waals surface area contributed by atoms with Crippen LogP contribution in [-0.4, -0.2) is 24.9 Å². The summed E-state index contributed by atoms with van der Waals surface area (Å²) in [5, 5.41) is 14.0. The first-order valence-electron chi connectivity index (χ1n) is 4.79. The fraction of sp³-hybridized carbons (Fsp3) is 0.300. The summed E-state index contributed by atoms with van der Waals surface area (Å²) in [6, 6.07) is 3.48. The number of hydrogen-bond donors (Lipinski definition) is 1. The number of aromatic nitrogens is 4. The first-order valence-corrected chi connectivity index (χ1v) is 5.78. The Balaban J connectivity index is 2.07. The molecule has 0 aromatic carbocycles. The molecule has 0 radical (unpaired) electrons. The highest BCUT2D eigenvalue weighted by molar-refractivity contribution is 7.98. The van der Waals surface area contributed by atoms with E-state index in [1.54, 1.807) is 6.20 Å². The highest BCUT2D eigenvalue weighted by Crippen LogP contribution is 2.20. The molecule has 0 bridgehead atoms. The second kappa shape index (κ2) is 4.52. The lowest BCUT2D eigenvalue weighted by Gasteiger charge is -2.02. The van der Waals surface area contributed by atoms with Crippen LogP contribution >= 0.6 is 11.8 Å². The van der Waals surface area contributed by atoms with Crippen molar-refractivity contribution in [2.24, 2.45) is 7.05 Å². The SMILES string of the molecule is Cc1cc(O)nc(SCc2ccnn2C)n1. The van der Waals surface area contributed by atoms with Crippen LogP contribution in [-0.2, 0) is 12.8 Å². The number of aryl methyl sites for hydroxylation is 2. The van der Waals surface area contributed by atoms with Gasteiger partial charge < -0.3 is 5.11 Å². The van der Waals surface area contributed by atoms with Gasteiger partial charge in [0.05, 0.1) is 0 Å². The molecule has 0 aliphatic carbocycles. The van der Waals surface area contributed by atoms with Crippen LogP contribution in [0.3, 0.4) is 0 Å². The number of rotatable bonds is 3. The maximum absolute atomic E-state index is 9.32. The van der Waals surface area contributed by atoms with Gasteiger partial charge in [0.15, 0.2) is 5.16 Å². The van der Waals surface area contributed by atoms with E-state index < -0.39 is 0 Å². The van der Waals surface area contributed by atoms with Gasteiger partial charge in [-0.2, -0.15) is 10.1 Å². The molecule has 0 atom stereocenters. The predicted octanol–water partition coefficient (Wildman–Crippen LogP) is 1.52. The van der Waals surface area contributed by atoms with E-state index in [0.29, 0.717) is 5.16 Å². The average Bonchev–Trinajstić information content (AvgIpc) is 2.59. The van der Waals surface area contributed by atoms with E-state index in [9.17, 15) is 5.11 Å². The van der Waals surface area contributed by atoms with Crippen molar-refractivity contribution >= 4 is 11.8 Å². The van der Waals surface area contributed by atoms with Gasteiger partial charge in [0.1, 0.15) is 0 Å².